The highest BCUT2D eigenvalue weighted by atomic mass is 35.5. The molecule has 1 aliphatic heterocycles. The van der Waals surface area contributed by atoms with Gasteiger partial charge in [0, 0.05) is 30.7 Å². The van der Waals surface area contributed by atoms with E-state index in [2.05, 4.69) is 14.6 Å². The van der Waals surface area contributed by atoms with Crippen molar-refractivity contribution in [2.45, 2.75) is 17.4 Å². The summed E-state index contributed by atoms with van der Waals surface area (Å²) in [5, 5.41) is 3.07. The zero-order valence-corrected chi connectivity index (χ0v) is 13.5. The minimum absolute atomic E-state index is 0.124. The smallest absolute Gasteiger partial charge is 0.242 e. The van der Waals surface area contributed by atoms with Gasteiger partial charge in [-0.25, -0.2) is 18.1 Å². The summed E-state index contributed by atoms with van der Waals surface area (Å²) >= 11 is 7.52. The summed E-state index contributed by atoms with van der Waals surface area (Å²) in [6.45, 7) is 1.42. The molecule has 8 heteroatoms. The number of hydrogen-bond acceptors (Lipinski definition) is 5. The SMILES string of the molecule is O=S(=O)(N[C@@H]1CCN(c2nccs2)C1)c1ccccc1Cl. The zero-order valence-electron chi connectivity index (χ0n) is 11.1. The topological polar surface area (TPSA) is 62.3 Å². The summed E-state index contributed by atoms with van der Waals surface area (Å²) < 4.78 is 27.5. The van der Waals surface area contributed by atoms with Crippen molar-refractivity contribution in [1.29, 1.82) is 0 Å². The van der Waals surface area contributed by atoms with Crippen LogP contribution in [0.3, 0.4) is 0 Å². The number of anilines is 1. The molecular weight excluding hydrogens is 330 g/mol. The fourth-order valence-electron chi connectivity index (χ4n) is 2.35. The van der Waals surface area contributed by atoms with Gasteiger partial charge in [-0.05, 0) is 18.6 Å². The monoisotopic (exact) mass is 343 g/mol. The maximum atomic E-state index is 12.4. The lowest BCUT2D eigenvalue weighted by molar-refractivity contribution is 0.561. The maximum absolute atomic E-state index is 12.4. The number of aromatic nitrogens is 1. The third-order valence-electron chi connectivity index (χ3n) is 3.33. The van der Waals surface area contributed by atoms with E-state index in [1.165, 1.54) is 6.07 Å². The molecule has 2 aromatic rings. The largest absolute Gasteiger partial charge is 0.346 e. The lowest BCUT2D eigenvalue weighted by Gasteiger charge is -2.16. The van der Waals surface area contributed by atoms with Gasteiger partial charge in [-0.3, -0.25) is 0 Å². The Labute approximate surface area is 132 Å². The van der Waals surface area contributed by atoms with E-state index in [0.717, 1.165) is 18.1 Å². The molecule has 0 amide bonds. The molecule has 0 aliphatic carbocycles. The van der Waals surface area contributed by atoms with Gasteiger partial charge in [0.15, 0.2) is 5.13 Å². The third-order valence-corrected chi connectivity index (χ3v) is 6.18. The van der Waals surface area contributed by atoms with Crippen molar-refractivity contribution in [3.63, 3.8) is 0 Å². The van der Waals surface area contributed by atoms with Crippen molar-refractivity contribution in [3.8, 4) is 0 Å². The van der Waals surface area contributed by atoms with Crippen LogP contribution in [0.4, 0.5) is 5.13 Å². The predicted octanol–water partition coefficient (Wildman–Crippen LogP) is 2.35. The van der Waals surface area contributed by atoms with Crippen LogP contribution in [-0.4, -0.2) is 32.5 Å². The van der Waals surface area contributed by atoms with Gasteiger partial charge in [0.1, 0.15) is 4.90 Å². The summed E-state index contributed by atoms with van der Waals surface area (Å²) in [7, 11) is -3.59. The number of thiazole rings is 1. The molecule has 0 radical (unpaired) electrons. The maximum Gasteiger partial charge on any atom is 0.242 e. The fraction of sp³-hybridized carbons (Fsp3) is 0.308. The van der Waals surface area contributed by atoms with E-state index in [1.54, 1.807) is 35.7 Å². The molecule has 1 aromatic carbocycles. The van der Waals surface area contributed by atoms with Crippen molar-refractivity contribution in [1.82, 2.24) is 9.71 Å². The molecular formula is C13H14ClN3O2S2. The van der Waals surface area contributed by atoms with E-state index in [9.17, 15) is 8.42 Å². The molecule has 3 rings (SSSR count). The van der Waals surface area contributed by atoms with Crippen LogP contribution in [-0.2, 0) is 10.0 Å². The van der Waals surface area contributed by atoms with Gasteiger partial charge in [-0.15, -0.1) is 11.3 Å². The number of hydrogen-bond donors (Lipinski definition) is 1. The minimum atomic E-state index is -3.59. The van der Waals surface area contributed by atoms with Gasteiger partial charge < -0.3 is 4.90 Å². The van der Waals surface area contributed by atoms with Crippen LogP contribution in [0.25, 0.3) is 0 Å². The first-order valence-corrected chi connectivity index (χ1v) is 9.21. The van der Waals surface area contributed by atoms with Gasteiger partial charge in [-0.2, -0.15) is 0 Å². The highest BCUT2D eigenvalue weighted by Crippen LogP contribution is 2.25. The molecule has 1 aromatic heterocycles. The Balaban J connectivity index is 1.71. The molecule has 21 heavy (non-hydrogen) atoms. The Bertz CT molecular complexity index is 719. The van der Waals surface area contributed by atoms with E-state index in [4.69, 9.17) is 11.6 Å². The molecule has 0 saturated carbocycles. The molecule has 1 aliphatic rings. The standard InChI is InChI=1S/C13H14ClN3O2S2/c14-11-3-1-2-4-12(11)21(18,19)16-10-5-7-17(9-10)13-15-6-8-20-13/h1-4,6,8,10,16H,5,7,9H2/t10-/m1/s1. The number of rotatable bonds is 4. The number of benzene rings is 1. The molecule has 1 atom stereocenters. The molecule has 1 saturated heterocycles. The first-order valence-electron chi connectivity index (χ1n) is 6.47. The van der Waals surface area contributed by atoms with Crippen molar-refractivity contribution in [3.05, 3.63) is 40.9 Å². The number of halogens is 1. The quantitative estimate of drug-likeness (QED) is 0.925. The average molecular weight is 344 g/mol. The van der Waals surface area contributed by atoms with Crippen LogP contribution in [0.2, 0.25) is 5.02 Å². The fourth-order valence-corrected chi connectivity index (χ4v) is 4.81. The Kier molecular flexibility index (Phi) is 4.17. The van der Waals surface area contributed by atoms with Crippen molar-refractivity contribution >= 4 is 38.1 Å². The summed E-state index contributed by atoms with van der Waals surface area (Å²) in [5.74, 6) is 0. The molecule has 2 heterocycles. The average Bonchev–Trinajstić information content (AvgIpc) is 3.09. The molecule has 5 nitrogen and oxygen atoms in total. The van der Waals surface area contributed by atoms with E-state index in [-0.39, 0.29) is 16.0 Å². The molecule has 1 fully saturated rings. The molecule has 0 unspecified atom stereocenters. The third kappa shape index (κ3) is 3.21. The van der Waals surface area contributed by atoms with Crippen LogP contribution in [0.5, 0.6) is 0 Å². The molecule has 0 spiro atoms. The molecule has 0 bridgehead atoms. The van der Waals surface area contributed by atoms with Gasteiger partial charge in [0.2, 0.25) is 10.0 Å². The van der Waals surface area contributed by atoms with Crippen LogP contribution < -0.4 is 9.62 Å². The van der Waals surface area contributed by atoms with Crippen molar-refractivity contribution < 1.29 is 8.42 Å². The predicted molar refractivity (Wildman–Crippen MR) is 84.5 cm³/mol. The van der Waals surface area contributed by atoms with Gasteiger partial charge in [0.25, 0.3) is 0 Å². The van der Waals surface area contributed by atoms with E-state index >= 15 is 0 Å². The van der Waals surface area contributed by atoms with Crippen LogP contribution >= 0.6 is 22.9 Å². The van der Waals surface area contributed by atoms with Gasteiger partial charge >= 0.3 is 0 Å². The van der Waals surface area contributed by atoms with Crippen molar-refractivity contribution in [2.75, 3.05) is 18.0 Å². The zero-order chi connectivity index (χ0) is 14.9. The van der Waals surface area contributed by atoms with E-state index < -0.39 is 10.0 Å². The normalized spacial score (nSPS) is 19.1. The summed E-state index contributed by atoms with van der Waals surface area (Å²) in [6.07, 6.45) is 2.50. The number of nitrogens with zero attached hydrogens (tertiary/aromatic N) is 2. The summed E-state index contributed by atoms with van der Waals surface area (Å²) in [5.41, 5.74) is 0. The summed E-state index contributed by atoms with van der Waals surface area (Å²) in [6, 6.07) is 6.33. The van der Waals surface area contributed by atoms with Crippen LogP contribution in [0.15, 0.2) is 40.7 Å². The second-order valence-corrected chi connectivity index (χ2v) is 7.76. The highest BCUT2D eigenvalue weighted by Gasteiger charge is 2.29. The van der Waals surface area contributed by atoms with Gasteiger partial charge in [0.05, 0.1) is 5.02 Å². The lowest BCUT2D eigenvalue weighted by Crippen LogP contribution is -2.37. The molecule has 112 valence electrons. The Morgan fingerprint density at radius 3 is 2.90 bits per heavy atom. The summed E-state index contributed by atoms with van der Waals surface area (Å²) in [4.78, 5) is 6.46. The second kappa shape index (κ2) is 5.92. The first-order chi connectivity index (χ1) is 10.1. The first kappa shape index (κ1) is 14.8. The number of nitrogens with one attached hydrogen (secondary N) is 1. The number of sulfonamides is 1. The highest BCUT2D eigenvalue weighted by molar-refractivity contribution is 7.89. The Morgan fingerprint density at radius 1 is 1.38 bits per heavy atom. The minimum Gasteiger partial charge on any atom is -0.346 e. The Hall–Kier alpha value is -1.15. The second-order valence-electron chi connectivity index (χ2n) is 4.80. The van der Waals surface area contributed by atoms with Gasteiger partial charge in [-0.1, -0.05) is 23.7 Å². The van der Waals surface area contributed by atoms with E-state index in [1.807, 2.05) is 5.38 Å². The van der Waals surface area contributed by atoms with Crippen molar-refractivity contribution in [2.24, 2.45) is 0 Å². The lowest BCUT2D eigenvalue weighted by atomic mass is 10.3. The van der Waals surface area contributed by atoms with E-state index in [0.29, 0.717) is 6.54 Å². The Morgan fingerprint density at radius 2 is 2.19 bits per heavy atom. The van der Waals surface area contributed by atoms with Crippen LogP contribution in [0, 0.1) is 0 Å². The van der Waals surface area contributed by atoms with Crippen LogP contribution in [0.1, 0.15) is 6.42 Å². The molecule has 1 N–H and O–H groups in total.